The van der Waals surface area contributed by atoms with Crippen LogP contribution in [0.1, 0.15) is 49.2 Å². The molecule has 0 spiro atoms. The Labute approximate surface area is 107 Å². The molecule has 18 heavy (non-hydrogen) atoms. The highest BCUT2D eigenvalue weighted by Crippen LogP contribution is 2.41. The third-order valence-electron chi connectivity index (χ3n) is 4.28. The number of aromatic nitrogens is 2. The van der Waals surface area contributed by atoms with Crippen molar-refractivity contribution in [2.75, 3.05) is 12.5 Å². The summed E-state index contributed by atoms with van der Waals surface area (Å²) in [6, 6.07) is 0. The van der Waals surface area contributed by atoms with Gasteiger partial charge in [0.25, 0.3) is 0 Å². The molecule has 0 aliphatic heterocycles. The Hall–Kier alpha value is -1.20. The van der Waals surface area contributed by atoms with Gasteiger partial charge in [0.15, 0.2) is 5.82 Å². The lowest BCUT2D eigenvalue weighted by molar-refractivity contribution is -0.0163. The van der Waals surface area contributed by atoms with Gasteiger partial charge in [0.1, 0.15) is 11.4 Å². The quantitative estimate of drug-likeness (QED) is 0.628. The van der Waals surface area contributed by atoms with E-state index < -0.39 is 0 Å². The summed E-state index contributed by atoms with van der Waals surface area (Å²) in [6.07, 6.45) is 7.56. The number of hydrogen-bond acceptors (Lipinski definition) is 5. The number of nitrogen functional groups attached to an aromatic ring is 1. The van der Waals surface area contributed by atoms with E-state index in [1.54, 1.807) is 7.11 Å². The largest absolute Gasteiger partial charge is 0.370 e. The van der Waals surface area contributed by atoms with Gasteiger partial charge < -0.3 is 10.2 Å². The molecule has 5 heteroatoms. The lowest BCUT2D eigenvalue weighted by atomic mass is 10.0. The summed E-state index contributed by atoms with van der Waals surface area (Å²) in [4.78, 5) is 9.37. The molecule has 3 N–H and O–H groups in total. The van der Waals surface area contributed by atoms with Gasteiger partial charge >= 0.3 is 0 Å². The first-order chi connectivity index (χ1) is 8.79. The van der Waals surface area contributed by atoms with Gasteiger partial charge in [0.2, 0.25) is 0 Å². The number of nitrogens with two attached hydrogens (primary N) is 1. The van der Waals surface area contributed by atoms with Gasteiger partial charge in [0.05, 0.1) is 0 Å². The van der Waals surface area contributed by atoms with Crippen LogP contribution >= 0.6 is 0 Å². The Morgan fingerprint density at radius 3 is 2.61 bits per heavy atom. The van der Waals surface area contributed by atoms with Crippen LogP contribution in [0.15, 0.2) is 0 Å². The number of ether oxygens (including phenoxy) is 1. The number of nitrogens with zero attached hydrogens (tertiary/aromatic N) is 2. The van der Waals surface area contributed by atoms with E-state index in [2.05, 4.69) is 10.4 Å². The number of hydrogen-bond donors (Lipinski definition) is 2. The van der Waals surface area contributed by atoms with Crippen LogP contribution in [0, 0.1) is 0 Å². The molecule has 1 aromatic rings. The monoisotopic (exact) mass is 248 g/mol. The Morgan fingerprint density at radius 2 is 1.94 bits per heavy atom. The molecule has 3 rings (SSSR count). The van der Waals surface area contributed by atoms with Crippen molar-refractivity contribution in [3.05, 3.63) is 17.1 Å². The van der Waals surface area contributed by atoms with Gasteiger partial charge in [-0.15, -0.1) is 0 Å². The Balaban J connectivity index is 2.07. The zero-order chi connectivity index (χ0) is 12.6. The average Bonchev–Trinajstić information content (AvgIpc) is 3.06. The van der Waals surface area contributed by atoms with Crippen molar-refractivity contribution < 1.29 is 4.74 Å². The van der Waals surface area contributed by atoms with Crippen molar-refractivity contribution in [1.82, 2.24) is 9.97 Å². The molecular weight excluding hydrogens is 228 g/mol. The van der Waals surface area contributed by atoms with E-state index in [-0.39, 0.29) is 5.60 Å². The molecule has 98 valence electrons. The fourth-order valence-corrected chi connectivity index (χ4v) is 3.22. The smallest absolute Gasteiger partial charge is 0.162 e. The third-order valence-corrected chi connectivity index (χ3v) is 4.28. The lowest BCUT2D eigenvalue weighted by Crippen LogP contribution is -2.29. The van der Waals surface area contributed by atoms with E-state index >= 15 is 0 Å². The van der Waals surface area contributed by atoms with Gasteiger partial charge in [-0.1, -0.05) is 0 Å². The molecule has 0 atom stereocenters. The van der Waals surface area contributed by atoms with Crippen LogP contribution in [0.5, 0.6) is 0 Å². The molecule has 0 bridgehead atoms. The van der Waals surface area contributed by atoms with Crippen LogP contribution in [0.3, 0.4) is 0 Å². The van der Waals surface area contributed by atoms with Crippen LogP contribution in [-0.2, 0) is 23.2 Å². The molecule has 0 radical (unpaired) electrons. The van der Waals surface area contributed by atoms with Crippen LogP contribution < -0.4 is 11.3 Å². The maximum absolute atomic E-state index is 5.75. The maximum Gasteiger partial charge on any atom is 0.162 e. The molecule has 1 saturated carbocycles. The predicted octanol–water partition coefficient (Wildman–Crippen LogP) is 1.67. The second-order valence-electron chi connectivity index (χ2n) is 5.22. The predicted molar refractivity (Wildman–Crippen MR) is 69.0 cm³/mol. The summed E-state index contributed by atoms with van der Waals surface area (Å²) >= 11 is 0. The summed E-state index contributed by atoms with van der Waals surface area (Å²) in [6.45, 7) is 0. The van der Waals surface area contributed by atoms with Gasteiger partial charge in [-0.3, -0.25) is 0 Å². The first-order valence-corrected chi connectivity index (χ1v) is 6.71. The SMILES string of the molecule is COC1(c2nc3c(c(NN)n2)CCC3)CCCC1. The number of methoxy groups -OCH3 is 1. The van der Waals surface area contributed by atoms with Crippen molar-refractivity contribution in [2.24, 2.45) is 5.84 Å². The number of fused-ring (bicyclic) bond motifs is 1. The zero-order valence-electron chi connectivity index (χ0n) is 10.8. The molecule has 2 aliphatic carbocycles. The van der Waals surface area contributed by atoms with Crippen molar-refractivity contribution in [1.29, 1.82) is 0 Å². The minimum atomic E-state index is -0.288. The van der Waals surface area contributed by atoms with Crippen LogP contribution in [-0.4, -0.2) is 17.1 Å². The highest BCUT2D eigenvalue weighted by molar-refractivity contribution is 5.48. The second-order valence-corrected chi connectivity index (χ2v) is 5.22. The number of rotatable bonds is 3. The van der Waals surface area contributed by atoms with Crippen molar-refractivity contribution in [3.63, 3.8) is 0 Å². The van der Waals surface area contributed by atoms with E-state index in [0.29, 0.717) is 0 Å². The maximum atomic E-state index is 5.75. The molecule has 1 heterocycles. The Kier molecular flexibility index (Phi) is 2.95. The highest BCUT2D eigenvalue weighted by atomic mass is 16.5. The number of hydrazine groups is 1. The fraction of sp³-hybridized carbons (Fsp3) is 0.692. The summed E-state index contributed by atoms with van der Waals surface area (Å²) in [7, 11) is 1.76. The minimum Gasteiger partial charge on any atom is -0.370 e. The van der Waals surface area contributed by atoms with Gasteiger partial charge in [-0.05, 0) is 44.9 Å². The van der Waals surface area contributed by atoms with Crippen LogP contribution in [0.4, 0.5) is 5.82 Å². The molecular formula is C13H20N4O. The van der Waals surface area contributed by atoms with Crippen molar-refractivity contribution in [3.8, 4) is 0 Å². The molecule has 0 saturated heterocycles. The first kappa shape index (κ1) is 11.9. The summed E-state index contributed by atoms with van der Waals surface area (Å²) in [5.74, 6) is 7.20. The number of anilines is 1. The first-order valence-electron chi connectivity index (χ1n) is 6.71. The highest BCUT2D eigenvalue weighted by Gasteiger charge is 2.39. The van der Waals surface area contributed by atoms with Crippen molar-refractivity contribution >= 4 is 5.82 Å². The normalized spacial score (nSPS) is 21.0. The van der Waals surface area contributed by atoms with Gasteiger partial charge in [-0.25, -0.2) is 15.8 Å². The Morgan fingerprint density at radius 1 is 1.17 bits per heavy atom. The van der Waals surface area contributed by atoms with Gasteiger partial charge in [-0.2, -0.15) is 0 Å². The topological polar surface area (TPSA) is 73.1 Å². The summed E-state index contributed by atoms with van der Waals surface area (Å²) < 4.78 is 5.75. The Bertz CT molecular complexity index is 455. The third kappa shape index (κ3) is 1.69. The molecule has 0 amide bonds. The van der Waals surface area contributed by atoms with Crippen molar-refractivity contribution in [2.45, 2.75) is 50.5 Å². The molecule has 1 aromatic heterocycles. The van der Waals surface area contributed by atoms with Gasteiger partial charge in [0, 0.05) is 18.4 Å². The zero-order valence-corrected chi connectivity index (χ0v) is 10.8. The van der Waals surface area contributed by atoms with Crippen LogP contribution in [0.2, 0.25) is 0 Å². The van der Waals surface area contributed by atoms with E-state index in [4.69, 9.17) is 15.6 Å². The molecule has 1 fully saturated rings. The summed E-state index contributed by atoms with van der Waals surface area (Å²) in [5, 5.41) is 0. The standard InChI is InChI=1S/C13H20N4O/c1-18-13(7-2-3-8-13)12-15-10-6-4-5-9(10)11(16-12)17-14/h2-8,14H2,1H3,(H,15,16,17). The average molecular weight is 248 g/mol. The fourth-order valence-electron chi connectivity index (χ4n) is 3.22. The second kappa shape index (κ2) is 4.48. The van der Waals surface area contributed by atoms with E-state index in [0.717, 1.165) is 49.4 Å². The molecule has 0 aromatic carbocycles. The van der Waals surface area contributed by atoms with E-state index in [1.165, 1.54) is 18.4 Å². The van der Waals surface area contributed by atoms with E-state index in [9.17, 15) is 0 Å². The van der Waals surface area contributed by atoms with E-state index in [1.807, 2.05) is 0 Å². The minimum absolute atomic E-state index is 0.288. The molecule has 0 unspecified atom stereocenters. The lowest BCUT2D eigenvalue weighted by Gasteiger charge is -2.26. The molecule has 2 aliphatic rings. The summed E-state index contributed by atoms with van der Waals surface area (Å²) in [5.41, 5.74) is 4.77. The number of aryl methyl sites for hydroxylation is 1. The molecule has 5 nitrogen and oxygen atoms in total. The van der Waals surface area contributed by atoms with Crippen LogP contribution in [0.25, 0.3) is 0 Å². The number of nitrogens with one attached hydrogen (secondary N) is 1.